The number of nitrogens with zero attached hydrogens (tertiary/aromatic N) is 2. The van der Waals surface area contributed by atoms with Crippen LogP contribution in [-0.2, 0) is 11.3 Å². The summed E-state index contributed by atoms with van der Waals surface area (Å²) in [5.41, 5.74) is 0.852. The first-order valence-corrected chi connectivity index (χ1v) is 5.77. The van der Waals surface area contributed by atoms with Gasteiger partial charge >= 0.3 is 5.97 Å². The van der Waals surface area contributed by atoms with Crippen LogP contribution < -0.4 is 0 Å². The molecule has 0 saturated heterocycles. The van der Waals surface area contributed by atoms with E-state index in [4.69, 9.17) is 4.74 Å². The van der Waals surface area contributed by atoms with Crippen LogP contribution in [0.2, 0.25) is 0 Å². The standard InChI is InChI=1S/C13H13FN2O3/c1-2-19-13(18)11-6-10(17)8-16(11)7-9-3-4-15-12(14)5-9/h3-6,8,17H,2,7H2,1H3. The Morgan fingerprint density at radius 2 is 2.32 bits per heavy atom. The minimum atomic E-state index is -0.591. The van der Waals surface area contributed by atoms with E-state index in [0.717, 1.165) is 0 Å². The molecular formula is C13H13FN2O3. The van der Waals surface area contributed by atoms with Crippen molar-refractivity contribution < 1.29 is 19.0 Å². The molecule has 0 spiro atoms. The first-order valence-electron chi connectivity index (χ1n) is 5.77. The van der Waals surface area contributed by atoms with Gasteiger partial charge in [0.15, 0.2) is 0 Å². The Morgan fingerprint density at radius 1 is 1.53 bits per heavy atom. The van der Waals surface area contributed by atoms with Crippen LogP contribution in [-0.4, -0.2) is 27.2 Å². The van der Waals surface area contributed by atoms with Crippen LogP contribution >= 0.6 is 0 Å². The van der Waals surface area contributed by atoms with Gasteiger partial charge in [0.25, 0.3) is 0 Å². The summed E-state index contributed by atoms with van der Waals surface area (Å²) in [6, 6.07) is 4.22. The third kappa shape index (κ3) is 3.09. The predicted molar refractivity (Wildman–Crippen MR) is 65.4 cm³/mol. The maximum Gasteiger partial charge on any atom is 0.355 e. The Bertz CT molecular complexity index is 595. The Kier molecular flexibility index (Phi) is 3.79. The molecule has 0 radical (unpaired) electrons. The van der Waals surface area contributed by atoms with Crippen molar-refractivity contribution in [3.05, 3.63) is 47.8 Å². The van der Waals surface area contributed by atoms with Crippen molar-refractivity contribution in [3.8, 4) is 5.75 Å². The average molecular weight is 264 g/mol. The minimum absolute atomic E-state index is 0.0439. The van der Waals surface area contributed by atoms with Crippen molar-refractivity contribution in [3.63, 3.8) is 0 Å². The molecule has 0 unspecified atom stereocenters. The molecule has 0 aliphatic carbocycles. The summed E-state index contributed by atoms with van der Waals surface area (Å²) >= 11 is 0. The largest absolute Gasteiger partial charge is 0.506 e. The fourth-order valence-electron chi connectivity index (χ4n) is 1.74. The van der Waals surface area contributed by atoms with Gasteiger partial charge in [-0.3, -0.25) is 0 Å². The lowest BCUT2D eigenvalue weighted by Crippen LogP contribution is -2.12. The van der Waals surface area contributed by atoms with Gasteiger partial charge < -0.3 is 14.4 Å². The van der Waals surface area contributed by atoms with E-state index in [0.29, 0.717) is 5.56 Å². The SMILES string of the molecule is CCOC(=O)c1cc(O)cn1Cc1ccnc(F)c1. The normalized spacial score (nSPS) is 10.4. The number of hydrogen-bond donors (Lipinski definition) is 1. The highest BCUT2D eigenvalue weighted by molar-refractivity contribution is 5.88. The molecule has 1 N–H and O–H groups in total. The van der Waals surface area contributed by atoms with Crippen molar-refractivity contribution in [2.45, 2.75) is 13.5 Å². The monoisotopic (exact) mass is 264 g/mol. The van der Waals surface area contributed by atoms with Gasteiger partial charge in [-0.05, 0) is 24.6 Å². The van der Waals surface area contributed by atoms with Crippen molar-refractivity contribution in [2.24, 2.45) is 0 Å². The number of carbonyl (C=O) groups excluding carboxylic acids is 1. The third-order valence-electron chi connectivity index (χ3n) is 2.51. The molecular weight excluding hydrogens is 251 g/mol. The molecule has 0 aliphatic heterocycles. The molecule has 100 valence electrons. The zero-order valence-electron chi connectivity index (χ0n) is 10.3. The van der Waals surface area contributed by atoms with Gasteiger partial charge in [0.1, 0.15) is 11.4 Å². The van der Waals surface area contributed by atoms with E-state index < -0.39 is 11.9 Å². The number of aromatic hydroxyl groups is 1. The average Bonchev–Trinajstić information content (AvgIpc) is 2.70. The number of halogens is 1. The second-order valence-corrected chi connectivity index (χ2v) is 3.92. The maximum absolute atomic E-state index is 13.0. The summed E-state index contributed by atoms with van der Waals surface area (Å²) in [7, 11) is 0. The molecule has 2 heterocycles. The highest BCUT2D eigenvalue weighted by atomic mass is 19.1. The molecule has 0 bridgehead atoms. The van der Waals surface area contributed by atoms with Crippen LogP contribution in [0.25, 0.3) is 0 Å². The summed E-state index contributed by atoms with van der Waals surface area (Å²) in [4.78, 5) is 15.2. The Morgan fingerprint density at radius 3 is 3.00 bits per heavy atom. The topological polar surface area (TPSA) is 64.3 Å². The second-order valence-electron chi connectivity index (χ2n) is 3.92. The van der Waals surface area contributed by atoms with E-state index in [2.05, 4.69) is 4.98 Å². The fourth-order valence-corrected chi connectivity index (χ4v) is 1.74. The third-order valence-corrected chi connectivity index (χ3v) is 2.51. The lowest BCUT2D eigenvalue weighted by atomic mass is 10.2. The van der Waals surface area contributed by atoms with Gasteiger partial charge in [0, 0.05) is 25.0 Å². The number of rotatable bonds is 4. The van der Waals surface area contributed by atoms with Crippen LogP contribution in [0.5, 0.6) is 5.75 Å². The molecule has 5 nitrogen and oxygen atoms in total. The van der Waals surface area contributed by atoms with Gasteiger partial charge in [-0.1, -0.05) is 0 Å². The number of carbonyl (C=O) groups is 1. The van der Waals surface area contributed by atoms with Crippen molar-refractivity contribution in [1.29, 1.82) is 0 Å². The number of esters is 1. The maximum atomic E-state index is 13.0. The summed E-state index contributed by atoms with van der Waals surface area (Å²) in [6.07, 6.45) is 2.74. The summed E-state index contributed by atoms with van der Waals surface area (Å²) in [6.45, 7) is 2.19. The molecule has 0 fully saturated rings. The van der Waals surface area contributed by atoms with Crippen molar-refractivity contribution in [1.82, 2.24) is 9.55 Å². The van der Waals surface area contributed by atoms with Gasteiger partial charge in [0.2, 0.25) is 5.95 Å². The van der Waals surface area contributed by atoms with E-state index >= 15 is 0 Å². The van der Waals surface area contributed by atoms with Gasteiger partial charge in [-0.2, -0.15) is 4.39 Å². The first-order chi connectivity index (χ1) is 9.10. The Labute approximate surface area is 109 Å². The van der Waals surface area contributed by atoms with Gasteiger partial charge in [-0.25, -0.2) is 9.78 Å². The van der Waals surface area contributed by atoms with Crippen molar-refractivity contribution >= 4 is 5.97 Å². The minimum Gasteiger partial charge on any atom is -0.506 e. The van der Waals surface area contributed by atoms with Crippen LogP contribution in [0.15, 0.2) is 30.6 Å². The van der Waals surface area contributed by atoms with E-state index in [1.807, 2.05) is 0 Å². The molecule has 2 aromatic heterocycles. The van der Waals surface area contributed by atoms with Gasteiger partial charge in [-0.15, -0.1) is 0 Å². The molecule has 0 amide bonds. The Hall–Kier alpha value is -2.37. The first kappa shape index (κ1) is 13.1. The fraction of sp³-hybridized carbons (Fsp3) is 0.231. The molecule has 0 aromatic carbocycles. The molecule has 2 rings (SSSR count). The van der Waals surface area contributed by atoms with Crippen LogP contribution in [0.1, 0.15) is 23.0 Å². The summed E-state index contributed by atoms with van der Waals surface area (Å²) in [5, 5.41) is 9.47. The van der Waals surface area contributed by atoms with Crippen LogP contribution in [0, 0.1) is 5.95 Å². The number of aromatic nitrogens is 2. The van der Waals surface area contributed by atoms with Gasteiger partial charge in [0.05, 0.1) is 6.61 Å². The smallest absolute Gasteiger partial charge is 0.355 e. The molecule has 19 heavy (non-hydrogen) atoms. The highest BCUT2D eigenvalue weighted by Crippen LogP contribution is 2.17. The number of pyridine rings is 1. The highest BCUT2D eigenvalue weighted by Gasteiger charge is 2.15. The lowest BCUT2D eigenvalue weighted by Gasteiger charge is -2.08. The summed E-state index contributed by atoms with van der Waals surface area (Å²) < 4.78 is 19.4. The zero-order valence-corrected chi connectivity index (χ0v) is 10.3. The number of hydrogen-bond acceptors (Lipinski definition) is 4. The van der Waals surface area contributed by atoms with Crippen molar-refractivity contribution in [2.75, 3.05) is 6.61 Å². The quantitative estimate of drug-likeness (QED) is 0.677. The molecule has 0 atom stereocenters. The van der Waals surface area contributed by atoms with E-state index in [-0.39, 0.29) is 24.6 Å². The predicted octanol–water partition coefficient (Wildman–Crippen LogP) is 1.95. The summed E-state index contributed by atoms with van der Waals surface area (Å²) in [5.74, 6) is -1.17. The number of ether oxygens (including phenoxy) is 1. The molecule has 0 saturated carbocycles. The lowest BCUT2D eigenvalue weighted by molar-refractivity contribution is 0.0514. The molecule has 0 aliphatic rings. The van der Waals surface area contributed by atoms with E-state index in [1.54, 1.807) is 13.0 Å². The Balaban J connectivity index is 2.27. The van der Waals surface area contributed by atoms with Crippen LogP contribution in [0.4, 0.5) is 4.39 Å². The molecule has 6 heteroatoms. The van der Waals surface area contributed by atoms with E-state index in [1.165, 1.54) is 29.1 Å². The zero-order chi connectivity index (χ0) is 13.8. The van der Waals surface area contributed by atoms with Crippen LogP contribution in [0.3, 0.4) is 0 Å². The van der Waals surface area contributed by atoms with E-state index in [9.17, 15) is 14.3 Å². The second kappa shape index (κ2) is 5.51. The molecule has 2 aromatic rings.